The van der Waals surface area contributed by atoms with Crippen LogP contribution in [0, 0.1) is 6.92 Å². The molecule has 0 atom stereocenters. The third-order valence-electron chi connectivity index (χ3n) is 5.55. The lowest BCUT2D eigenvalue weighted by molar-refractivity contribution is 0.101. The summed E-state index contributed by atoms with van der Waals surface area (Å²) in [5, 5.41) is 7.73. The standard InChI is InChI=1S/C24H21N7O4S/c1-14-11-17(31(30-14)18-13-35-19-9-10-27-23(25)22(18)19)24(32)29-21-8-7-15(12-28-21)16-5-3-4-6-20(16)36(33,34)26-2/h3-13,26H,1-2H3,(H2,25,27)(H,28,29,32). The molecule has 182 valence electrons. The molecule has 0 bridgehead atoms. The highest BCUT2D eigenvalue weighted by atomic mass is 32.2. The lowest BCUT2D eigenvalue weighted by Gasteiger charge is -2.11. The number of amides is 1. The van der Waals surface area contributed by atoms with E-state index in [9.17, 15) is 13.2 Å². The maximum absolute atomic E-state index is 13.2. The van der Waals surface area contributed by atoms with Gasteiger partial charge >= 0.3 is 0 Å². The van der Waals surface area contributed by atoms with Gasteiger partial charge in [0.2, 0.25) is 10.0 Å². The Labute approximate surface area is 206 Å². The molecule has 0 unspecified atom stereocenters. The number of nitrogen functional groups attached to an aromatic ring is 1. The van der Waals surface area contributed by atoms with Crippen LogP contribution in [0.15, 0.2) is 76.5 Å². The van der Waals surface area contributed by atoms with Gasteiger partial charge < -0.3 is 15.5 Å². The number of sulfonamides is 1. The number of benzene rings is 1. The highest BCUT2D eigenvalue weighted by molar-refractivity contribution is 7.89. The number of anilines is 2. The highest BCUT2D eigenvalue weighted by Crippen LogP contribution is 2.30. The number of hydrogen-bond donors (Lipinski definition) is 3. The van der Waals surface area contributed by atoms with Gasteiger partial charge in [0.05, 0.1) is 16.0 Å². The van der Waals surface area contributed by atoms with Gasteiger partial charge in [-0.05, 0) is 44.3 Å². The largest absolute Gasteiger partial charge is 0.462 e. The van der Waals surface area contributed by atoms with Crippen molar-refractivity contribution in [3.05, 3.63) is 78.6 Å². The summed E-state index contributed by atoms with van der Waals surface area (Å²) in [6.45, 7) is 1.76. The van der Waals surface area contributed by atoms with Crippen LogP contribution in [0.4, 0.5) is 11.6 Å². The van der Waals surface area contributed by atoms with Gasteiger partial charge in [0.25, 0.3) is 5.91 Å². The van der Waals surface area contributed by atoms with Crippen molar-refractivity contribution in [3.63, 3.8) is 0 Å². The molecule has 0 fully saturated rings. The molecule has 4 aromatic heterocycles. The Hall–Kier alpha value is -4.55. The number of nitrogens with two attached hydrogens (primary N) is 1. The predicted molar refractivity (Wildman–Crippen MR) is 134 cm³/mol. The number of fused-ring (bicyclic) bond motifs is 1. The van der Waals surface area contributed by atoms with Crippen molar-refractivity contribution in [3.8, 4) is 16.8 Å². The molecule has 4 N–H and O–H groups in total. The predicted octanol–water partition coefficient (Wildman–Crippen LogP) is 3.13. The maximum Gasteiger partial charge on any atom is 0.275 e. The van der Waals surface area contributed by atoms with Crippen molar-refractivity contribution in [2.24, 2.45) is 0 Å². The minimum absolute atomic E-state index is 0.131. The fraction of sp³-hybridized carbons (Fsp3) is 0.0833. The molecule has 11 nitrogen and oxygen atoms in total. The molecule has 0 aliphatic heterocycles. The molecule has 36 heavy (non-hydrogen) atoms. The Kier molecular flexibility index (Phi) is 5.74. The second-order valence-electron chi connectivity index (χ2n) is 7.86. The molecule has 0 spiro atoms. The molecular weight excluding hydrogens is 482 g/mol. The van der Waals surface area contributed by atoms with Crippen LogP contribution in [-0.4, -0.2) is 41.1 Å². The van der Waals surface area contributed by atoms with Gasteiger partial charge in [-0.3, -0.25) is 4.79 Å². The zero-order valence-electron chi connectivity index (χ0n) is 19.3. The summed E-state index contributed by atoms with van der Waals surface area (Å²) in [5.41, 5.74) is 8.98. The average molecular weight is 504 g/mol. The van der Waals surface area contributed by atoms with E-state index in [1.165, 1.54) is 36.5 Å². The van der Waals surface area contributed by atoms with E-state index in [0.29, 0.717) is 33.5 Å². The topological polar surface area (TPSA) is 158 Å². The Morgan fingerprint density at radius 1 is 1.11 bits per heavy atom. The first kappa shape index (κ1) is 23.2. The Bertz CT molecular complexity index is 1710. The van der Waals surface area contributed by atoms with E-state index in [1.54, 1.807) is 49.4 Å². The number of aryl methyl sites for hydroxylation is 1. The molecule has 5 aromatic rings. The van der Waals surface area contributed by atoms with E-state index in [0.717, 1.165) is 0 Å². The molecule has 0 saturated heterocycles. The summed E-state index contributed by atoms with van der Waals surface area (Å²) in [7, 11) is -2.31. The average Bonchev–Trinajstić information content (AvgIpc) is 3.49. The maximum atomic E-state index is 13.2. The first-order chi connectivity index (χ1) is 17.3. The van der Waals surface area contributed by atoms with Crippen LogP contribution in [-0.2, 0) is 10.0 Å². The Morgan fingerprint density at radius 3 is 2.67 bits per heavy atom. The van der Waals surface area contributed by atoms with E-state index in [4.69, 9.17) is 10.2 Å². The van der Waals surface area contributed by atoms with Crippen molar-refractivity contribution in [2.45, 2.75) is 11.8 Å². The molecule has 0 aliphatic rings. The number of furan rings is 1. The summed E-state index contributed by atoms with van der Waals surface area (Å²) in [5.74, 6) is 0.0840. The zero-order valence-corrected chi connectivity index (χ0v) is 20.1. The molecule has 0 saturated carbocycles. The number of nitrogens with zero attached hydrogens (tertiary/aromatic N) is 4. The SMILES string of the molecule is CNS(=O)(=O)c1ccccc1-c1ccc(NC(=O)c2cc(C)nn2-c2coc3ccnc(N)c23)nc1. The molecular formula is C24H21N7O4S. The summed E-state index contributed by atoms with van der Waals surface area (Å²) in [6, 6.07) is 13.2. The van der Waals surface area contributed by atoms with Crippen molar-refractivity contribution in [1.82, 2.24) is 24.5 Å². The summed E-state index contributed by atoms with van der Waals surface area (Å²) in [6.07, 6.45) is 4.50. The summed E-state index contributed by atoms with van der Waals surface area (Å²) >= 11 is 0. The molecule has 1 amide bonds. The fourth-order valence-electron chi connectivity index (χ4n) is 3.85. The van der Waals surface area contributed by atoms with E-state index in [-0.39, 0.29) is 22.2 Å². The molecule has 4 heterocycles. The van der Waals surface area contributed by atoms with Crippen LogP contribution in [0.1, 0.15) is 16.2 Å². The molecule has 0 radical (unpaired) electrons. The summed E-state index contributed by atoms with van der Waals surface area (Å²) < 4.78 is 34.1. The second kappa shape index (κ2) is 8.91. The third-order valence-corrected chi connectivity index (χ3v) is 7.02. The number of aromatic nitrogens is 4. The van der Waals surface area contributed by atoms with Gasteiger partial charge in [-0.15, -0.1) is 0 Å². The van der Waals surface area contributed by atoms with Crippen LogP contribution in [0.5, 0.6) is 0 Å². The lowest BCUT2D eigenvalue weighted by Crippen LogP contribution is -2.19. The van der Waals surface area contributed by atoms with Gasteiger partial charge in [0.1, 0.15) is 34.9 Å². The monoisotopic (exact) mass is 503 g/mol. The van der Waals surface area contributed by atoms with Gasteiger partial charge in [-0.1, -0.05) is 18.2 Å². The highest BCUT2D eigenvalue weighted by Gasteiger charge is 2.21. The smallest absolute Gasteiger partial charge is 0.275 e. The molecule has 0 aliphatic carbocycles. The quantitative estimate of drug-likeness (QED) is 0.319. The first-order valence-corrected chi connectivity index (χ1v) is 12.3. The van der Waals surface area contributed by atoms with Crippen molar-refractivity contribution in [1.29, 1.82) is 0 Å². The number of rotatable bonds is 6. The normalized spacial score (nSPS) is 11.6. The Balaban J connectivity index is 1.45. The van der Waals surface area contributed by atoms with Gasteiger partial charge in [-0.25, -0.2) is 27.8 Å². The lowest BCUT2D eigenvalue weighted by atomic mass is 10.1. The molecule has 5 rings (SSSR count). The number of nitrogens with one attached hydrogen (secondary N) is 2. The third kappa shape index (κ3) is 4.08. The number of carbonyl (C=O) groups excluding carboxylic acids is 1. The van der Waals surface area contributed by atoms with Crippen LogP contribution in [0.25, 0.3) is 27.8 Å². The van der Waals surface area contributed by atoms with Crippen molar-refractivity contribution >= 4 is 38.5 Å². The first-order valence-electron chi connectivity index (χ1n) is 10.8. The van der Waals surface area contributed by atoms with E-state index < -0.39 is 15.9 Å². The van der Waals surface area contributed by atoms with Crippen LogP contribution in [0.3, 0.4) is 0 Å². The van der Waals surface area contributed by atoms with Crippen molar-refractivity contribution < 1.29 is 17.6 Å². The van der Waals surface area contributed by atoms with Gasteiger partial charge in [0, 0.05) is 23.5 Å². The summed E-state index contributed by atoms with van der Waals surface area (Å²) in [4.78, 5) is 21.7. The zero-order chi connectivity index (χ0) is 25.4. The van der Waals surface area contributed by atoms with Gasteiger partial charge in [-0.2, -0.15) is 5.10 Å². The van der Waals surface area contributed by atoms with Crippen LogP contribution < -0.4 is 15.8 Å². The minimum atomic E-state index is -3.66. The minimum Gasteiger partial charge on any atom is -0.462 e. The van der Waals surface area contributed by atoms with E-state index in [2.05, 4.69) is 25.1 Å². The van der Waals surface area contributed by atoms with Crippen LogP contribution >= 0.6 is 0 Å². The van der Waals surface area contributed by atoms with E-state index in [1.807, 2.05) is 0 Å². The second-order valence-corrected chi connectivity index (χ2v) is 9.72. The fourth-order valence-corrected chi connectivity index (χ4v) is 4.80. The van der Waals surface area contributed by atoms with Gasteiger partial charge in [0.15, 0.2) is 0 Å². The van der Waals surface area contributed by atoms with Crippen molar-refractivity contribution in [2.75, 3.05) is 18.1 Å². The van der Waals surface area contributed by atoms with E-state index >= 15 is 0 Å². The Morgan fingerprint density at radius 2 is 1.92 bits per heavy atom. The number of carbonyl (C=O) groups is 1. The molecule has 1 aromatic carbocycles. The number of hydrogen-bond acceptors (Lipinski definition) is 8. The number of pyridine rings is 2. The molecule has 12 heteroatoms. The van der Waals surface area contributed by atoms with Crippen LogP contribution in [0.2, 0.25) is 0 Å².